The SMILES string of the molecule is CCOC(=O)c1nc2cccc(C(=O)NCC34CC5CC6CC(C3)C6(C5)C4)n2c1Cl. The Bertz CT molecular complexity index is 1080. The van der Waals surface area contributed by atoms with Gasteiger partial charge in [0.15, 0.2) is 5.69 Å². The van der Waals surface area contributed by atoms with E-state index in [1.807, 2.05) is 0 Å². The molecule has 7 heteroatoms. The van der Waals surface area contributed by atoms with Crippen LogP contribution in [-0.4, -0.2) is 34.4 Å². The van der Waals surface area contributed by atoms with Crippen LogP contribution in [0.1, 0.15) is 66.4 Å². The van der Waals surface area contributed by atoms with Gasteiger partial charge < -0.3 is 10.1 Å². The van der Waals surface area contributed by atoms with Crippen LogP contribution in [0.15, 0.2) is 18.2 Å². The molecule has 30 heavy (non-hydrogen) atoms. The molecule has 6 nitrogen and oxygen atoms in total. The van der Waals surface area contributed by atoms with E-state index in [9.17, 15) is 9.59 Å². The van der Waals surface area contributed by atoms with Crippen LogP contribution >= 0.6 is 11.6 Å². The molecule has 2 heterocycles. The molecule has 2 aromatic heterocycles. The molecule has 0 saturated heterocycles. The summed E-state index contributed by atoms with van der Waals surface area (Å²) in [7, 11) is 0. The molecule has 1 amide bonds. The molecule has 1 N–H and O–H groups in total. The van der Waals surface area contributed by atoms with Gasteiger partial charge in [0.25, 0.3) is 5.91 Å². The number of rotatable bonds is 5. The van der Waals surface area contributed by atoms with E-state index in [1.54, 1.807) is 29.5 Å². The Kier molecular flexibility index (Phi) is 3.87. The molecule has 4 aliphatic rings. The first kappa shape index (κ1) is 18.7. The summed E-state index contributed by atoms with van der Waals surface area (Å²) in [4.78, 5) is 29.6. The zero-order valence-corrected chi connectivity index (χ0v) is 17.9. The van der Waals surface area contributed by atoms with Gasteiger partial charge in [0.1, 0.15) is 16.5 Å². The van der Waals surface area contributed by atoms with Crippen LogP contribution in [0, 0.1) is 28.6 Å². The summed E-state index contributed by atoms with van der Waals surface area (Å²) >= 11 is 6.44. The first-order valence-electron chi connectivity index (χ1n) is 11.1. The zero-order valence-electron chi connectivity index (χ0n) is 17.1. The number of amides is 1. The third-order valence-electron chi connectivity index (χ3n) is 8.50. The number of imidazole rings is 1. The van der Waals surface area contributed by atoms with Crippen LogP contribution in [0.25, 0.3) is 5.65 Å². The predicted molar refractivity (Wildman–Crippen MR) is 112 cm³/mol. The van der Waals surface area contributed by atoms with E-state index < -0.39 is 5.97 Å². The van der Waals surface area contributed by atoms with E-state index in [2.05, 4.69) is 10.3 Å². The second kappa shape index (κ2) is 6.22. The number of carbonyl (C=O) groups is 2. The number of carbonyl (C=O) groups excluding carboxylic acids is 2. The first-order chi connectivity index (χ1) is 14.4. The van der Waals surface area contributed by atoms with Crippen molar-refractivity contribution in [2.45, 2.75) is 45.4 Å². The van der Waals surface area contributed by atoms with Crippen LogP contribution in [0.4, 0.5) is 0 Å². The fourth-order valence-electron chi connectivity index (χ4n) is 7.67. The summed E-state index contributed by atoms with van der Waals surface area (Å²) < 4.78 is 6.58. The topological polar surface area (TPSA) is 72.7 Å². The van der Waals surface area contributed by atoms with E-state index in [1.165, 1.54) is 38.5 Å². The summed E-state index contributed by atoms with van der Waals surface area (Å²) in [6, 6.07) is 5.22. The van der Waals surface area contributed by atoms with Crippen molar-refractivity contribution in [1.29, 1.82) is 0 Å². The number of nitrogens with zero attached hydrogens (tertiary/aromatic N) is 2. The van der Waals surface area contributed by atoms with E-state index >= 15 is 0 Å². The van der Waals surface area contributed by atoms with E-state index in [0.29, 0.717) is 16.8 Å². The molecule has 3 bridgehead atoms. The van der Waals surface area contributed by atoms with Crippen molar-refractivity contribution in [3.63, 3.8) is 0 Å². The van der Waals surface area contributed by atoms with Crippen molar-refractivity contribution in [1.82, 2.24) is 14.7 Å². The molecule has 4 saturated carbocycles. The second-order valence-corrected chi connectivity index (χ2v) is 10.4. The predicted octanol–water partition coefficient (Wildman–Crippen LogP) is 4.11. The maximum absolute atomic E-state index is 13.2. The van der Waals surface area contributed by atoms with Crippen LogP contribution in [-0.2, 0) is 4.74 Å². The van der Waals surface area contributed by atoms with E-state index in [4.69, 9.17) is 16.3 Å². The highest BCUT2D eigenvalue weighted by molar-refractivity contribution is 6.33. The largest absolute Gasteiger partial charge is 0.461 e. The average molecular weight is 428 g/mol. The second-order valence-electron chi connectivity index (χ2n) is 10.0. The lowest BCUT2D eigenvalue weighted by Gasteiger charge is -2.49. The van der Waals surface area contributed by atoms with Crippen molar-refractivity contribution in [3.05, 3.63) is 34.7 Å². The molecule has 0 radical (unpaired) electrons. The smallest absolute Gasteiger partial charge is 0.360 e. The van der Waals surface area contributed by atoms with Crippen molar-refractivity contribution in [3.8, 4) is 0 Å². The van der Waals surface area contributed by atoms with Crippen LogP contribution in [0.2, 0.25) is 5.15 Å². The number of aromatic nitrogens is 2. The highest BCUT2D eigenvalue weighted by atomic mass is 35.5. The molecule has 5 atom stereocenters. The Morgan fingerprint density at radius 2 is 2.13 bits per heavy atom. The number of hydrogen-bond acceptors (Lipinski definition) is 4. The lowest BCUT2D eigenvalue weighted by Crippen LogP contribution is -2.43. The molecule has 0 aromatic carbocycles. The fraction of sp³-hybridized carbons (Fsp3) is 0.609. The number of esters is 1. The van der Waals surface area contributed by atoms with Gasteiger partial charge in [-0.3, -0.25) is 9.20 Å². The monoisotopic (exact) mass is 427 g/mol. The molecule has 5 unspecified atom stereocenters. The molecule has 158 valence electrons. The molecular formula is C23H26ClN3O3. The van der Waals surface area contributed by atoms with Crippen LogP contribution < -0.4 is 5.32 Å². The number of fused-ring (bicyclic) bond motifs is 3. The molecule has 2 aromatic rings. The number of halogens is 1. The Hall–Kier alpha value is -2.08. The van der Waals surface area contributed by atoms with Gasteiger partial charge in [-0.1, -0.05) is 17.7 Å². The Morgan fingerprint density at radius 1 is 1.27 bits per heavy atom. The summed E-state index contributed by atoms with van der Waals surface area (Å²) in [6.07, 6.45) is 8.06. The summed E-state index contributed by atoms with van der Waals surface area (Å²) in [5, 5.41) is 3.33. The van der Waals surface area contributed by atoms with Crippen molar-refractivity contribution in [2.75, 3.05) is 13.2 Å². The van der Waals surface area contributed by atoms with Gasteiger partial charge in [0, 0.05) is 6.54 Å². The van der Waals surface area contributed by atoms with Gasteiger partial charge in [-0.2, -0.15) is 0 Å². The Morgan fingerprint density at radius 3 is 2.97 bits per heavy atom. The van der Waals surface area contributed by atoms with Gasteiger partial charge in [-0.15, -0.1) is 0 Å². The molecule has 4 aliphatic carbocycles. The van der Waals surface area contributed by atoms with Crippen molar-refractivity contribution < 1.29 is 14.3 Å². The first-order valence-corrected chi connectivity index (χ1v) is 11.4. The Labute approximate surface area is 180 Å². The lowest BCUT2D eigenvalue weighted by atomic mass is 9.55. The van der Waals surface area contributed by atoms with Crippen molar-refractivity contribution >= 4 is 29.1 Å². The fourth-order valence-corrected chi connectivity index (χ4v) is 7.96. The van der Waals surface area contributed by atoms with Crippen molar-refractivity contribution in [2.24, 2.45) is 28.6 Å². The highest BCUT2D eigenvalue weighted by Crippen LogP contribution is 2.78. The number of pyridine rings is 1. The minimum absolute atomic E-state index is 0.0405. The van der Waals surface area contributed by atoms with Gasteiger partial charge in [0.05, 0.1) is 6.61 Å². The molecule has 4 fully saturated rings. The number of ether oxygens (including phenoxy) is 1. The molecular weight excluding hydrogens is 402 g/mol. The van der Waals surface area contributed by atoms with Crippen LogP contribution in [0.3, 0.4) is 0 Å². The Balaban J connectivity index is 1.25. The quantitative estimate of drug-likeness (QED) is 0.729. The highest BCUT2D eigenvalue weighted by Gasteiger charge is 2.70. The normalized spacial score (nSPS) is 35.3. The summed E-state index contributed by atoms with van der Waals surface area (Å²) in [6.45, 7) is 2.69. The van der Waals surface area contributed by atoms with Gasteiger partial charge >= 0.3 is 5.97 Å². The number of hydrogen-bond donors (Lipinski definition) is 1. The third-order valence-corrected chi connectivity index (χ3v) is 8.85. The minimum atomic E-state index is -0.579. The lowest BCUT2D eigenvalue weighted by molar-refractivity contribution is -0.00254. The maximum Gasteiger partial charge on any atom is 0.360 e. The van der Waals surface area contributed by atoms with Gasteiger partial charge in [-0.05, 0) is 86.2 Å². The summed E-state index contributed by atoms with van der Waals surface area (Å²) in [5.41, 5.74) is 1.77. The molecule has 6 rings (SSSR count). The molecule has 1 spiro atoms. The molecule has 0 aliphatic heterocycles. The third kappa shape index (κ3) is 2.40. The van der Waals surface area contributed by atoms with Gasteiger partial charge in [-0.25, -0.2) is 9.78 Å². The number of nitrogens with one attached hydrogen (secondary N) is 1. The van der Waals surface area contributed by atoms with E-state index in [0.717, 1.165) is 24.3 Å². The van der Waals surface area contributed by atoms with Gasteiger partial charge in [0.2, 0.25) is 0 Å². The average Bonchev–Trinajstić information content (AvgIpc) is 3.23. The van der Waals surface area contributed by atoms with Crippen LogP contribution in [0.5, 0.6) is 0 Å². The minimum Gasteiger partial charge on any atom is -0.461 e. The summed E-state index contributed by atoms with van der Waals surface area (Å²) in [5.74, 6) is 1.94. The van der Waals surface area contributed by atoms with E-state index in [-0.39, 0.29) is 28.8 Å². The zero-order chi connectivity index (χ0) is 20.7. The maximum atomic E-state index is 13.2. The standard InChI is InChI=1S/C23H26ClN3O3/c1-2-30-21(29)18-19(24)27-16(4-3-5-17(27)26-18)20(28)25-12-22-8-13-6-14-7-15(10-22)23(14,9-13)11-22/h3-5,13-15H,2,6-12H2,1H3,(H,25,28).